The third-order valence-corrected chi connectivity index (χ3v) is 5.77. The highest BCUT2D eigenvalue weighted by molar-refractivity contribution is 5.80. The number of nitrogens with zero attached hydrogens (tertiary/aromatic N) is 5. The first kappa shape index (κ1) is 24.1. The van der Waals surface area contributed by atoms with Gasteiger partial charge in [0, 0.05) is 52.5 Å². The lowest BCUT2D eigenvalue weighted by Gasteiger charge is -2.33. The molecule has 0 radical (unpaired) electrons. The van der Waals surface area contributed by atoms with E-state index in [4.69, 9.17) is 9.73 Å². The Bertz CT molecular complexity index is 845. The van der Waals surface area contributed by atoms with Crippen LogP contribution in [0.3, 0.4) is 0 Å². The van der Waals surface area contributed by atoms with Gasteiger partial charge in [-0.15, -0.1) is 10.2 Å². The number of ether oxygens (including phenoxy) is 1. The van der Waals surface area contributed by atoms with Crippen LogP contribution >= 0.6 is 0 Å². The van der Waals surface area contributed by atoms with E-state index in [1.54, 1.807) is 0 Å². The fourth-order valence-corrected chi connectivity index (χ4v) is 3.69. The Kier molecular flexibility index (Phi) is 9.43. The summed E-state index contributed by atoms with van der Waals surface area (Å²) < 4.78 is 20.5. The predicted molar refractivity (Wildman–Crippen MR) is 124 cm³/mol. The molecule has 32 heavy (non-hydrogen) atoms. The standard InChI is InChI=1S/C23H36FN7O/c1-4-32-15-5-12-25-23(26-16-22-29-28-18(2)30(22)3)27-21-10-13-31(14-11-21)17-19-6-8-20(24)9-7-19/h6-9,21H,4-5,10-17H2,1-3H3,(H2,25,26,27). The number of aliphatic imine (C=N–C) groups is 1. The van der Waals surface area contributed by atoms with Crippen LogP contribution in [0.25, 0.3) is 0 Å². The molecule has 1 saturated heterocycles. The molecule has 1 aromatic heterocycles. The highest BCUT2D eigenvalue weighted by Gasteiger charge is 2.20. The van der Waals surface area contributed by atoms with Crippen molar-refractivity contribution in [3.63, 3.8) is 0 Å². The number of likely N-dealkylation sites (tertiary alicyclic amines) is 1. The maximum atomic E-state index is 13.1. The Morgan fingerprint density at radius 1 is 1.22 bits per heavy atom. The Balaban J connectivity index is 1.51. The van der Waals surface area contributed by atoms with Crippen LogP contribution in [-0.2, 0) is 24.9 Å². The van der Waals surface area contributed by atoms with E-state index in [0.29, 0.717) is 12.6 Å². The molecule has 0 atom stereocenters. The minimum atomic E-state index is -0.186. The van der Waals surface area contributed by atoms with E-state index in [1.807, 2.05) is 37.6 Å². The van der Waals surface area contributed by atoms with E-state index in [1.165, 1.54) is 12.1 Å². The fraction of sp³-hybridized carbons (Fsp3) is 0.609. The van der Waals surface area contributed by atoms with Gasteiger partial charge in [0.05, 0.1) is 0 Å². The second-order valence-corrected chi connectivity index (χ2v) is 8.19. The van der Waals surface area contributed by atoms with Crippen LogP contribution in [0.15, 0.2) is 29.3 Å². The van der Waals surface area contributed by atoms with Crippen LogP contribution in [0.2, 0.25) is 0 Å². The van der Waals surface area contributed by atoms with Gasteiger partial charge in [0.1, 0.15) is 18.2 Å². The van der Waals surface area contributed by atoms with Crippen LogP contribution < -0.4 is 10.6 Å². The van der Waals surface area contributed by atoms with Crippen molar-refractivity contribution >= 4 is 5.96 Å². The van der Waals surface area contributed by atoms with E-state index in [-0.39, 0.29) is 5.82 Å². The molecule has 1 aromatic carbocycles. The molecule has 2 N–H and O–H groups in total. The molecule has 176 valence electrons. The lowest BCUT2D eigenvalue weighted by Crippen LogP contribution is -2.48. The van der Waals surface area contributed by atoms with E-state index in [0.717, 1.165) is 81.8 Å². The summed E-state index contributed by atoms with van der Waals surface area (Å²) in [5.74, 6) is 2.34. The summed E-state index contributed by atoms with van der Waals surface area (Å²) in [5, 5.41) is 15.4. The molecule has 1 fully saturated rings. The number of hydrogen-bond acceptors (Lipinski definition) is 5. The number of aromatic nitrogens is 3. The second-order valence-electron chi connectivity index (χ2n) is 8.19. The first-order chi connectivity index (χ1) is 15.5. The molecule has 0 bridgehead atoms. The smallest absolute Gasteiger partial charge is 0.191 e. The number of aryl methyl sites for hydroxylation is 1. The number of nitrogens with one attached hydrogen (secondary N) is 2. The molecule has 0 amide bonds. The summed E-state index contributed by atoms with van der Waals surface area (Å²) in [7, 11) is 1.96. The third kappa shape index (κ3) is 7.56. The fourth-order valence-electron chi connectivity index (χ4n) is 3.69. The van der Waals surface area contributed by atoms with Crippen LogP contribution in [0.1, 0.15) is 43.4 Å². The summed E-state index contributed by atoms with van der Waals surface area (Å²) in [4.78, 5) is 7.17. The molecule has 0 spiro atoms. The van der Waals surface area contributed by atoms with Crippen LogP contribution in [0, 0.1) is 12.7 Å². The molecule has 0 unspecified atom stereocenters. The van der Waals surface area contributed by atoms with Crippen molar-refractivity contribution in [3.05, 3.63) is 47.3 Å². The zero-order valence-electron chi connectivity index (χ0n) is 19.5. The quantitative estimate of drug-likeness (QED) is 0.332. The summed E-state index contributed by atoms with van der Waals surface area (Å²) >= 11 is 0. The number of rotatable bonds is 10. The van der Waals surface area contributed by atoms with Crippen molar-refractivity contribution in [1.82, 2.24) is 30.3 Å². The molecule has 0 saturated carbocycles. The number of guanidine groups is 1. The van der Waals surface area contributed by atoms with Gasteiger partial charge in [0.25, 0.3) is 0 Å². The van der Waals surface area contributed by atoms with Crippen LogP contribution in [0.5, 0.6) is 0 Å². The van der Waals surface area contributed by atoms with Gasteiger partial charge in [-0.2, -0.15) is 0 Å². The second kappa shape index (κ2) is 12.5. The Labute approximate surface area is 190 Å². The van der Waals surface area contributed by atoms with Gasteiger partial charge < -0.3 is 19.9 Å². The summed E-state index contributed by atoms with van der Waals surface area (Å²) in [6, 6.07) is 7.15. The largest absolute Gasteiger partial charge is 0.382 e. The molecular formula is C23H36FN7O. The maximum absolute atomic E-state index is 13.1. The number of benzene rings is 1. The molecule has 3 rings (SSSR count). The average Bonchev–Trinajstić information content (AvgIpc) is 3.12. The normalized spacial score (nSPS) is 15.8. The highest BCUT2D eigenvalue weighted by Crippen LogP contribution is 2.14. The molecule has 9 heteroatoms. The molecule has 2 heterocycles. The van der Waals surface area contributed by atoms with E-state index >= 15 is 0 Å². The minimum absolute atomic E-state index is 0.186. The van der Waals surface area contributed by atoms with E-state index < -0.39 is 0 Å². The SMILES string of the molecule is CCOCCCNC(=NCc1nnc(C)n1C)NC1CCN(Cc2ccc(F)cc2)CC1. The summed E-state index contributed by atoms with van der Waals surface area (Å²) in [6.45, 7) is 9.54. The molecule has 8 nitrogen and oxygen atoms in total. The number of piperidine rings is 1. The topological polar surface area (TPSA) is 79.6 Å². The first-order valence-electron chi connectivity index (χ1n) is 11.5. The third-order valence-electron chi connectivity index (χ3n) is 5.77. The lowest BCUT2D eigenvalue weighted by molar-refractivity contribution is 0.145. The van der Waals surface area contributed by atoms with Gasteiger partial charge in [-0.05, 0) is 50.8 Å². The van der Waals surface area contributed by atoms with Gasteiger partial charge in [0.2, 0.25) is 0 Å². The van der Waals surface area contributed by atoms with Crippen molar-refractivity contribution in [2.45, 2.75) is 52.2 Å². The van der Waals surface area contributed by atoms with E-state index in [9.17, 15) is 4.39 Å². The maximum Gasteiger partial charge on any atom is 0.191 e. The molecule has 1 aliphatic rings. The molecule has 0 aliphatic carbocycles. The highest BCUT2D eigenvalue weighted by atomic mass is 19.1. The van der Waals surface area contributed by atoms with Gasteiger partial charge in [-0.1, -0.05) is 12.1 Å². The van der Waals surface area contributed by atoms with Crippen LogP contribution in [-0.4, -0.2) is 64.5 Å². The van der Waals surface area contributed by atoms with Gasteiger partial charge in [-0.25, -0.2) is 9.38 Å². The van der Waals surface area contributed by atoms with Crippen molar-refractivity contribution in [2.75, 3.05) is 32.8 Å². The van der Waals surface area contributed by atoms with Crippen molar-refractivity contribution in [3.8, 4) is 0 Å². The average molecular weight is 446 g/mol. The van der Waals surface area contributed by atoms with Crippen molar-refractivity contribution < 1.29 is 9.13 Å². The summed E-state index contributed by atoms with van der Waals surface area (Å²) in [5.41, 5.74) is 1.15. The van der Waals surface area contributed by atoms with Crippen molar-refractivity contribution in [1.29, 1.82) is 0 Å². The van der Waals surface area contributed by atoms with Crippen LogP contribution in [0.4, 0.5) is 4.39 Å². The minimum Gasteiger partial charge on any atom is -0.382 e. The lowest BCUT2D eigenvalue weighted by atomic mass is 10.0. The monoisotopic (exact) mass is 445 g/mol. The van der Waals surface area contributed by atoms with E-state index in [2.05, 4.69) is 25.7 Å². The van der Waals surface area contributed by atoms with Gasteiger partial charge >= 0.3 is 0 Å². The van der Waals surface area contributed by atoms with Crippen molar-refractivity contribution in [2.24, 2.45) is 12.0 Å². The zero-order valence-corrected chi connectivity index (χ0v) is 19.5. The Hall–Kier alpha value is -2.52. The number of halogens is 1. The Morgan fingerprint density at radius 3 is 2.62 bits per heavy atom. The molecular weight excluding hydrogens is 409 g/mol. The molecule has 1 aliphatic heterocycles. The summed E-state index contributed by atoms with van der Waals surface area (Å²) in [6.07, 6.45) is 2.99. The Morgan fingerprint density at radius 2 is 1.97 bits per heavy atom. The van der Waals surface area contributed by atoms with Gasteiger partial charge in [-0.3, -0.25) is 4.90 Å². The predicted octanol–water partition coefficient (Wildman–Crippen LogP) is 2.39. The molecule has 2 aromatic rings. The number of hydrogen-bond donors (Lipinski definition) is 2. The first-order valence-corrected chi connectivity index (χ1v) is 11.5. The zero-order chi connectivity index (χ0) is 22.8. The van der Waals surface area contributed by atoms with Gasteiger partial charge in [0.15, 0.2) is 11.8 Å².